The average molecular weight is 283 g/mol. The van der Waals surface area contributed by atoms with Crippen LogP contribution in [0.25, 0.3) is 0 Å². The highest BCUT2D eigenvalue weighted by Crippen LogP contribution is 2.17. The van der Waals surface area contributed by atoms with Crippen LogP contribution in [-0.2, 0) is 4.79 Å². The zero-order valence-corrected chi connectivity index (χ0v) is 11.2. The molecular formula is C14H19F2N3O. The fraction of sp³-hybridized carbons (Fsp3) is 0.500. The van der Waals surface area contributed by atoms with Crippen molar-refractivity contribution in [2.24, 2.45) is 11.7 Å². The van der Waals surface area contributed by atoms with E-state index >= 15 is 0 Å². The lowest BCUT2D eigenvalue weighted by Crippen LogP contribution is -2.40. The Morgan fingerprint density at radius 2 is 2.05 bits per heavy atom. The molecular weight excluding hydrogens is 264 g/mol. The van der Waals surface area contributed by atoms with Crippen molar-refractivity contribution in [2.75, 3.05) is 31.5 Å². The number of anilines is 1. The molecule has 110 valence electrons. The molecule has 0 aromatic heterocycles. The number of piperidine rings is 1. The molecule has 0 unspecified atom stereocenters. The molecule has 1 saturated heterocycles. The van der Waals surface area contributed by atoms with E-state index in [2.05, 4.69) is 5.32 Å². The molecule has 1 aromatic rings. The lowest BCUT2D eigenvalue weighted by Gasteiger charge is -2.30. The third-order valence-corrected chi connectivity index (χ3v) is 3.61. The monoisotopic (exact) mass is 283 g/mol. The van der Waals surface area contributed by atoms with Gasteiger partial charge in [-0.25, -0.2) is 8.78 Å². The number of amides is 1. The minimum atomic E-state index is -0.637. The summed E-state index contributed by atoms with van der Waals surface area (Å²) >= 11 is 0. The number of nitrogens with one attached hydrogen (secondary N) is 1. The molecule has 0 radical (unpaired) electrons. The minimum Gasteiger partial charge on any atom is -0.330 e. The van der Waals surface area contributed by atoms with Gasteiger partial charge in [0.05, 0.1) is 12.2 Å². The van der Waals surface area contributed by atoms with E-state index in [9.17, 15) is 13.6 Å². The quantitative estimate of drug-likeness (QED) is 0.882. The average Bonchev–Trinajstić information content (AvgIpc) is 2.43. The lowest BCUT2D eigenvalue weighted by atomic mass is 9.97. The van der Waals surface area contributed by atoms with Gasteiger partial charge in [0.1, 0.15) is 11.6 Å². The summed E-state index contributed by atoms with van der Waals surface area (Å²) in [7, 11) is 0. The molecule has 1 aliphatic rings. The Hall–Kier alpha value is -1.53. The molecule has 1 heterocycles. The number of likely N-dealkylation sites (tertiary alicyclic amines) is 1. The van der Waals surface area contributed by atoms with Crippen molar-refractivity contribution < 1.29 is 13.6 Å². The molecule has 20 heavy (non-hydrogen) atoms. The maximum absolute atomic E-state index is 13.4. The fourth-order valence-corrected chi connectivity index (χ4v) is 2.37. The number of benzene rings is 1. The van der Waals surface area contributed by atoms with E-state index in [0.717, 1.165) is 44.1 Å². The molecule has 1 fully saturated rings. The van der Waals surface area contributed by atoms with Crippen LogP contribution in [0.3, 0.4) is 0 Å². The van der Waals surface area contributed by atoms with Crippen LogP contribution in [0.4, 0.5) is 14.5 Å². The van der Waals surface area contributed by atoms with Crippen molar-refractivity contribution in [2.45, 2.75) is 12.8 Å². The van der Waals surface area contributed by atoms with Gasteiger partial charge in [-0.15, -0.1) is 0 Å². The molecule has 4 nitrogen and oxygen atoms in total. The zero-order valence-electron chi connectivity index (χ0n) is 11.2. The maximum Gasteiger partial charge on any atom is 0.238 e. The number of carbonyl (C=O) groups is 1. The maximum atomic E-state index is 13.4. The van der Waals surface area contributed by atoms with E-state index in [-0.39, 0.29) is 18.1 Å². The van der Waals surface area contributed by atoms with Crippen molar-refractivity contribution in [1.29, 1.82) is 0 Å². The van der Waals surface area contributed by atoms with Gasteiger partial charge >= 0.3 is 0 Å². The summed E-state index contributed by atoms with van der Waals surface area (Å²) in [6, 6.07) is 2.99. The number of halogens is 2. The number of nitrogens with two attached hydrogens (primary N) is 1. The third-order valence-electron chi connectivity index (χ3n) is 3.61. The van der Waals surface area contributed by atoms with Crippen LogP contribution in [0.1, 0.15) is 12.8 Å². The highest BCUT2D eigenvalue weighted by Gasteiger charge is 2.20. The summed E-state index contributed by atoms with van der Waals surface area (Å²) in [5.41, 5.74) is 5.49. The van der Waals surface area contributed by atoms with Crippen LogP contribution in [0.2, 0.25) is 0 Å². The zero-order chi connectivity index (χ0) is 14.5. The lowest BCUT2D eigenvalue weighted by molar-refractivity contribution is -0.117. The second kappa shape index (κ2) is 6.76. The molecule has 0 atom stereocenters. The first-order valence-electron chi connectivity index (χ1n) is 6.76. The van der Waals surface area contributed by atoms with E-state index in [4.69, 9.17) is 5.73 Å². The Bertz CT molecular complexity index is 473. The van der Waals surface area contributed by atoms with Gasteiger partial charge in [0.15, 0.2) is 0 Å². The first kappa shape index (κ1) is 14.9. The molecule has 0 saturated carbocycles. The fourth-order valence-electron chi connectivity index (χ4n) is 2.37. The first-order valence-corrected chi connectivity index (χ1v) is 6.76. The van der Waals surface area contributed by atoms with Crippen molar-refractivity contribution >= 4 is 11.6 Å². The molecule has 6 heteroatoms. The Morgan fingerprint density at radius 3 is 2.70 bits per heavy atom. The summed E-state index contributed by atoms with van der Waals surface area (Å²) in [6.07, 6.45) is 1.94. The van der Waals surface area contributed by atoms with Crippen molar-refractivity contribution in [3.63, 3.8) is 0 Å². The largest absolute Gasteiger partial charge is 0.330 e. The Kier molecular flexibility index (Phi) is 5.03. The van der Waals surface area contributed by atoms with Gasteiger partial charge in [-0.1, -0.05) is 0 Å². The smallest absolute Gasteiger partial charge is 0.238 e. The second-order valence-corrected chi connectivity index (χ2v) is 5.13. The number of nitrogens with zero attached hydrogens (tertiary/aromatic N) is 1. The van der Waals surface area contributed by atoms with Crippen LogP contribution in [0.5, 0.6) is 0 Å². The number of hydrogen-bond acceptors (Lipinski definition) is 3. The standard InChI is InChI=1S/C14H19F2N3O/c15-11-1-2-12(16)13(7-11)18-14(20)9-19-5-3-10(8-17)4-6-19/h1-2,7,10H,3-6,8-9,17H2,(H,18,20). The molecule has 2 rings (SSSR count). The molecule has 1 aromatic carbocycles. The Labute approximate surface area is 116 Å². The van der Waals surface area contributed by atoms with Crippen LogP contribution in [0.15, 0.2) is 18.2 Å². The van der Waals surface area contributed by atoms with Gasteiger partial charge in [-0.2, -0.15) is 0 Å². The molecule has 3 N–H and O–H groups in total. The SMILES string of the molecule is NCC1CCN(CC(=O)Nc2cc(F)ccc2F)CC1. The molecule has 0 aliphatic carbocycles. The summed E-state index contributed by atoms with van der Waals surface area (Å²) in [4.78, 5) is 13.8. The highest BCUT2D eigenvalue weighted by atomic mass is 19.1. The highest BCUT2D eigenvalue weighted by molar-refractivity contribution is 5.92. The topological polar surface area (TPSA) is 58.4 Å². The van der Waals surface area contributed by atoms with Crippen molar-refractivity contribution in [3.05, 3.63) is 29.8 Å². The second-order valence-electron chi connectivity index (χ2n) is 5.13. The Balaban J connectivity index is 1.85. The summed E-state index contributed by atoms with van der Waals surface area (Å²) in [6.45, 7) is 2.48. The number of hydrogen-bond donors (Lipinski definition) is 2. The normalized spacial score (nSPS) is 17.1. The number of carbonyl (C=O) groups excluding carboxylic acids is 1. The van der Waals surface area contributed by atoms with E-state index in [0.29, 0.717) is 12.5 Å². The van der Waals surface area contributed by atoms with Gasteiger partial charge in [-0.05, 0) is 50.5 Å². The first-order chi connectivity index (χ1) is 9.58. The van der Waals surface area contributed by atoms with Crippen LogP contribution >= 0.6 is 0 Å². The van der Waals surface area contributed by atoms with E-state index in [1.165, 1.54) is 0 Å². The van der Waals surface area contributed by atoms with Crippen LogP contribution < -0.4 is 11.1 Å². The number of rotatable bonds is 4. The van der Waals surface area contributed by atoms with E-state index in [1.54, 1.807) is 0 Å². The van der Waals surface area contributed by atoms with Crippen molar-refractivity contribution in [1.82, 2.24) is 4.90 Å². The predicted molar refractivity (Wildman–Crippen MR) is 73.2 cm³/mol. The summed E-state index contributed by atoms with van der Waals surface area (Å²) in [5, 5.41) is 2.40. The molecule has 1 aliphatic heterocycles. The van der Waals surface area contributed by atoms with Gasteiger partial charge in [-0.3, -0.25) is 9.69 Å². The van der Waals surface area contributed by atoms with Crippen molar-refractivity contribution in [3.8, 4) is 0 Å². The Morgan fingerprint density at radius 1 is 1.35 bits per heavy atom. The summed E-state index contributed by atoms with van der Waals surface area (Å²) in [5.74, 6) is -1.03. The predicted octanol–water partition coefficient (Wildman–Crippen LogP) is 1.57. The van der Waals surface area contributed by atoms with Crippen LogP contribution in [-0.4, -0.2) is 37.0 Å². The van der Waals surface area contributed by atoms with Gasteiger partial charge in [0.25, 0.3) is 0 Å². The minimum absolute atomic E-state index is 0.119. The van der Waals surface area contributed by atoms with Gasteiger partial charge < -0.3 is 11.1 Å². The van der Waals surface area contributed by atoms with Crippen LogP contribution in [0, 0.1) is 17.6 Å². The molecule has 0 bridgehead atoms. The molecule has 0 spiro atoms. The van der Waals surface area contributed by atoms with Gasteiger partial charge in [0, 0.05) is 6.07 Å². The third kappa shape index (κ3) is 3.98. The van der Waals surface area contributed by atoms with E-state index < -0.39 is 11.6 Å². The van der Waals surface area contributed by atoms with E-state index in [1.807, 2.05) is 4.90 Å². The summed E-state index contributed by atoms with van der Waals surface area (Å²) < 4.78 is 26.4. The molecule has 1 amide bonds. The van der Waals surface area contributed by atoms with Gasteiger partial charge in [0.2, 0.25) is 5.91 Å².